The van der Waals surface area contributed by atoms with E-state index in [2.05, 4.69) is 10.6 Å². The molecule has 3 aromatic rings. The minimum atomic E-state index is -0.691. The van der Waals surface area contributed by atoms with Gasteiger partial charge in [0.15, 0.2) is 0 Å². The summed E-state index contributed by atoms with van der Waals surface area (Å²) < 4.78 is 5.08. The van der Waals surface area contributed by atoms with Gasteiger partial charge in [-0.2, -0.15) is 0 Å². The molecule has 0 saturated carbocycles. The van der Waals surface area contributed by atoms with Crippen molar-refractivity contribution in [2.24, 2.45) is 0 Å². The van der Waals surface area contributed by atoms with Gasteiger partial charge in [0.05, 0.1) is 7.11 Å². The van der Waals surface area contributed by atoms with Crippen molar-refractivity contribution in [1.29, 1.82) is 0 Å². The van der Waals surface area contributed by atoms with Crippen molar-refractivity contribution in [3.8, 4) is 5.75 Å². The predicted octanol–water partition coefficient (Wildman–Crippen LogP) is 3.10. The number of benzene rings is 3. The fourth-order valence-corrected chi connectivity index (χ4v) is 2.46. The third kappa shape index (κ3) is 4.14. The second-order valence-electron chi connectivity index (χ2n) is 5.55. The van der Waals surface area contributed by atoms with Gasteiger partial charge in [-0.3, -0.25) is 9.59 Å². The molecule has 25 heavy (non-hydrogen) atoms. The lowest BCUT2D eigenvalue weighted by Crippen LogP contribution is -2.34. The summed E-state index contributed by atoms with van der Waals surface area (Å²) in [6.45, 7) is 0.272. The van der Waals surface area contributed by atoms with Gasteiger partial charge in [-0.1, -0.05) is 42.5 Å². The normalized spacial score (nSPS) is 10.3. The third-order valence-corrected chi connectivity index (χ3v) is 3.83. The van der Waals surface area contributed by atoms with Crippen LogP contribution in [0.1, 0.15) is 5.56 Å². The van der Waals surface area contributed by atoms with Crippen molar-refractivity contribution >= 4 is 28.3 Å². The van der Waals surface area contributed by atoms with Crippen LogP contribution in [0.25, 0.3) is 10.8 Å². The maximum Gasteiger partial charge on any atom is 0.313 e. The van der Waals surface area contributed by atoms with Crippen LogP contribution in [0.5, 0.6) is 5.75 Å². The Kier molecular flexibility index (Phi) is 4.95. The average molecular weight is 334 g/mol. The summed E-state index contributed by atoms with van der Waals surface area (Å²) >= 11 is 0. The van der Waals surface area contributed by atoms with E-state index in [1.54, 1.807) is 25.3 Å². The van der Waals surface area contributed by atoms with E-state index in [-0.39, 0.29) is 6.54 Å². The van der Waals surface area contributed by atoms with Gasteiger partial charge in [-0.05, 0) is 40.6 Å². The van der Waals surface area contributed by atoms with Crippen LogP contribution in [0.4, 0.5) is 5.69 Å². The van der Waals surface area contributed by atoms with Crippen molar-refractivity contribution in [2.45, 2.75) is 6.54 Å². The molecule has 0 heterocycles. The molecule has 126 valence electrons. The standard InChI is InChI=1S/C20H18N2O3/c1-25-18-10-6-14(7-11-18)13-21-19(23)20(24)22-17-9-8-15-4-2-3-5-16(15)12-17/h2-12H,13H2,1H3,(H,21,23)(H,22,24). The molecule has 0 bridgehead atoms. The highest BCUT2D eigenvalue weighted by Gasteiger charge is 2.13. The van der Waals surface area contributed by atoms with Gasteiger partial charge in [0.1, 0.15) is 5.75 Å². The highest BCUT2D eigenvalue weighted by atomic mass is 16.5. The Bertz CT molecular complexity index is 904. The van der Waals surface area contributed by atoms with Gasteiger partial charge < -0.3 is 15.4 Å². The molecule has 0 spiro atoms. The molecule has 3 rings (SSSR count). The highest BCUT2D eigenvalue weighted by Crippen LogP contribution is 2.18. The summed E-state index contributed by atoms with van der Waals surface area (Å²) in [5, 5.41) is 7.29. The van der Waals surface area contributed by atoms with E-state index in [0.717, 1.165) is 22.1 Å². The number of hydrogen-bond donors (Lipinski definition) is 2. The molecular weight excluding hydrogens is 316 g/mol. The van der Waals surface area contributed by atoms with Crippen LogP contribution in [-0.2, 0) is 16.1 Å². The molecule has 0 unspecified atom stereocenters. The lowest BCUT2D eigenvalue weighted by atomic mass is 10.1. The van der Waals surface area contributed by atoms with Crippen molar-refractivity contribution in [1.82, 2.24) is 5.32 Å². The molecule has 2 N–H and O–H groups in total. The zero-order valence-corrected chi connectivity index (χ0v) is 13.8. The first-order chi connectivity index (χ1) is 12.2. The summed E-state index contributed by atoms with van der Waals surface area (Å²) in [6, 6.07) is 20.6. The van der Waals surface area contributed by atoms with Crippen LogP contribution in [0.2, 0.25) is 0 Å². The van der Waals surface area contributed by atoms with Crippen LogP contribution in [-0.4, -0.2) is 18.9 Å². The molecule has 0 saturated heterocycles. The molecule has 0 fully saturated rings. The first kappa shape index (κ1) is 16.5. The Morgan fingerprint density at radius 2 is 1.60 bits per heavy atom. The maximum atomic E-state index is 12.0. The van der Waals surface area contributed by atoms with Gasteiger partial charge in [0.25, 0.3) is 0 Å². The SMILES string of the molecule is COc1ccc(CNC(=O)C(=O)Nc2ccc3ccccc3c2)cc1. The number of fused-ring (bicyclic) bond motifs is 1. The molecule has 0 aliphatic heterocycles. The van der Waals surface area contributed by atoms with Gasteiger partial charge in [0.2, 0.25) is 0 Å². The highest BCUT2D eigenvalue weighted by molar-refractivity contribution is 6.39. The van der Waals surface area contributed by atoms with Crippen molar-refractivity contribution in [3.05, 3.63) is 72.3 Å². The summed E-state index contributed by atoms with van der Waals surface area (Å²) in [4.78, 5) is 24.0. The molecule has 0 aliphatic carbocycles. The van der Waals surface area contributed by atoms with Crippen LogP contribution in [0, 0.1) is 0 Å². The zero-order chi connectivity index (χ0) is 17.6. The number of hydrogen-bond acceptors (Lipinski definition) is 3. The number of ether oxygens (including phenoxy) is 1. The van der Waals surface area contributed by atoms with E-state index in [4.69, 9.17) is 4.74 Å². The zero-order valence-electron chi connectivity index (χ0n) is 13.8. The summed E-state index contributed by atoms with van der Waals surface area (Å²) in [5.74, 6) is -0.628. The van der Waals surface area contributed by atoms with E-state index in [1.165, 1.54) is 0 Å². The lowest BCUT2D eigenvalue weighted by Gasteiger charge is -2.08. The minimum Gasteiger partial charge on any atom is -0.497 e. The molecule has 0 aromatic heterocycles. The van der Waals surface area contributed by atoms with Crippen LogP contribution in [0.3, 0.4) is 0 Å². The number of methoxy groups -OCH3 is 1. The lowest BCUT2D eigenvalue weighted by molar-refractivity contribution is -0.136. The minimum absolute atomic E-state index is 0.272. The molecule has 0 atom stereocenters. The van der Waals surface area contributed by atoms with Crippen LogP contribution >= 0.6 is 0 Å². The number of rotatable bonds is 4. The van der Waals surface area contributed by atoms with E-state index in [1.807, 2.05) is 48.5 Å². The maximum absolute atomic E-state index is 12.0. The average Bonchev–Trinajstić information content (AvgIpc) is 2.66. The van der Waals surface area contributed by atoms with Gasteiger partial charge in [0, 0.05) is 12.2 Å². The van der Waals surface area contributed by atoms with E-state index in [0.29, 0.717) is 5.69 Å². The molecule has 0 radical (unpaired) electrons. The fraction of sp³-hybridized carbons (Fsp3) is 0.100. The summed E-state index contributed by atoms with van der Waals surface area (Å²) in [5.41, 5.74) is 1.47. The van der Waals surface area contributed by atoms with Crippen molar-refractivity contribution in [2.75, 3.05) is 12.4 Å². The number of anilines is 1. The van der Waals surface area contributed by atoms with Gasteiger partial charge in [-0.15, -0.1) is 0 Å². The number of nitrogens with one attached hydrogen (secondary N) is 2. The monoisotopic (exact) mass is 334 g/mol. The smallest absolute Gasteiger partial charge is 0.313 e. The molecule has 3 aromatic carbocycles. The first-order valence-electron chi connectivity index (χ1n) is 7.86. The first-order valence-corrected chi connectivity index (χ1v) is 7.86. The van der Waals surface area contributed by atoms with E-state index >= 15 is 0 Å². The second-order valence-corrected chi connectivity index (χ2v) is 5.55. The van der Waals surface area contributed by atoms with Crippen molar-refractivity contribution in [3.63, 3.8) is 0 Å². The van der Waals surface area contributed by atoms with Gasteiger partial charge in [-0.25, -0.2) is 0 Å². The largest absolute Gasteiger partial charge is 0.497 e. The Hall–Kier alpha value is -3.34. The Balaban J connectivity index is 1.58. The Morgan fingerprint density at radius 1 is 0.880 bits per heavy atom. The van der Waals surface area contributed by atoms with Gasteiger partial charge >= 0.3 is 11.8 Å². The van der Waals surface area contributed by atoms with Crippen molar-refractivity contribution < 1.29 is 14.3 Å². The molecule has 5 nitrogen and oxygen atoms in total. The predicted molar refractivity (Wildman–Crippen MR) is 97.4 cm³/mol. The number of amides is 2. The topological polar surface area (TPSA) is 67.4 Å². The quantitative estimate of drug-likeness (QED) is 0.721. The summed E-state index contributed by atoms with van der Waals surface area (Å²) in [7, 11) is 1.59. The van der Waals surface area contributed by atoms with Crippen LogP contribution in [0.15, 0.2) is 66.7 Å². The molecule has 2 amide bonds. The van der Waals surface area contributed by atoms with E-state index < -0.39 is 11.8 Å². The Morgan fingerprint density at radius 3 is 2.32 bits per heavy atom. The van der Waals surface area contributed by atoms with E-state index in [9.17, 15) is 9.59 Å². The Labute approximate surface area is 145 Å². The third-order valence-electron chi connectivity index (χ3n) is 3.83. The molecule has 0 aliphatic rings. The number of carbonyl (C=O) groups is 2. The summed E-state index contributed by atoms with van der Waals surface area (Å²) in [6.07, 6.45) is 0. The molecular formula is C20H18N2O3. The van der Waals surface area contributed by atoms with Crippen LogP contribution < -0.4 is 15.4 Å². The second kappa shape index (κ2) is 7.49. The number of carbonyl (C=O) groups excluding carboxylic acids is 2. The fourth-order valence-electron chi connectivity index (χ4n) is 2.46. The molecule has 5 heteroatoms.